The average Bonchev–Trinajstić information content (AvgIpc) is 3.24. The smallest absolute Gasteiger partial charge is 0.246 e. The van der Waals surface area contributed by atoms with Gasteiger partial charge < -0.3 is 19.7 Å². The number of para-hydroxylation sites is 1. The van der Waals surface area contributed by atoms with Crippen LogP contribution in [0.3, 0.4) is 0 Å². The first-order valence-electron chi connectivity index (χ1n) is 13.5. The van der Waals surface area contributed by atoms with Gasteiger partial charge >= 0.3 is 0 Å². The fraction of sp³-hybridized carbons (Fsp3) is 0.483. The second-order valence-corrected chi connectivity index (χ2v) is 10.7. The Bertz CT molecular complexity index is 1300. The molecule has 3 fully saturated rings. The first kappa shape index (κ1) is 24.1. The Hall–Kier alpha value is -3.23. The van der Waals surface area contributed by atoms with Crippen molar-refractivity contribution in [1.29, 1.82) is 0 Å². The number of nitrogens with zero attached hydrogens (tertiary/aromatic N) is 4. The molecule has 3 atom stereocenters. The first-order valence-corrected chi connectivity index (χ1v) is 13.5. The topological polar surface area (TPSA) is 94.6 Å². The number of carbonyl (C=O) groups excluding carboxylic acids is 1. The van der Waals surface area contributed by atoms with E-state index in [-0.39, 0.29) is 23.7 Å². The van der Waals surface area contributed by atoms with E-state index in [1.54, 1.807) is 18.2 Å². The molecule has 0 saturated carbocycles. The summed E-state index contributed by atoms with van der Waals surface area (Å²) in [5.41, 5.74) is 4.41. The number of nitrogens with one attached hydrogen (secondary N) is 1. The second kappa shape index (κ2) is 10.3. The summed E-state index contributed by atoms with van der Waals surface area (Å²) in [5, 5.41) is 20.1. The van der Waals surface area contributed by atoms with E-state index in [2.05, 4.69) is 31.9 Å². The minimum Gasteiger partial charge on any atom is -0.507 e. The third-order valence-corrected chi connectivity index (χ3v) is 8.29. The maximum atomic E-state index is 13.2. The highest BCUT2D eigenvalue weighted by Crippen LogP contribution is 2.40. The Labute approximate surface area is 217 Å². The molecule has 1 aromatic carbocycles. The van der Waals surface area contributed by atoms with Crippen LogP contribution < -0.4 is 0 Å². The van der Waals surface area contributed by atoms with Crippen molar-refractivity contribution in [3.63, 3.8) is 0 Å². The predicted octanol–water partition coefficient (Wildman–Crippen LogP) is 4.15. The number of amides is 1. The Balaban J connectivity index is 1.20. The van der Waals surface area contributed by atoms with Crippen molar-refractivity contribution >= 4 is 16.9 Å². The lowest BCUT2D eigenvalue weighted by molar-refractivity contribution is -0.146. The number of aryl methyl sites for hydroxylation is 1. The van der Waals surface area contributed by atoms with Crippen molar-refractivity contribution in [2.75, 3.05) is 32.8 Å². The molecule has 2 aromatic heterocycles. The van der Waals surface area contributed by atoms with Crippen molar-refractivity contribution in [3.05, 3.63) is 53.7 Å². The number of rotatable bonds is 5. The van der Waals surface area contributed by atoms with Crippen LogP contribution in [0, 0.1) is 6.92 Å². The number of aromatic nitrogens is 3. The molecule has 1 amide bonds. The minimum atomic E-state index is 0.0679. The summed E-state index contributed by atoms with van der Waals surface area (Å²) in [4.78, 5) is 21.3. The molecule has 194 valence electrons. The van der Waals surface area contributed by atoms with Gasteiger partial charge in [-0.15, -0.1) is 10.2 Å². The van der Waals surface area contributed by atoms with Crippen LogP contribution in [0.4, 0.5) is 0 Å². The fourth-order valence-corrected chi connectivity index (χ4v) is 6.41. The average molecular weight is 502 g/mol. The number of likely N-dealkylation sites (tertiary alicyclic amines) is 1. The molecular formula is C29H35N5O3. The molecule has 5 heterocycles. The van der Waals surface area contributed by atoms with Gasteiger partial charge in [-0.1, -0.05) is 24.6 Å². The largest absolute Gasteiger partial charge is 0.507 e. The summed E-state index contributed by atoms with van der Waals surface area (Å²) >= 11 is 0. The number of fused-ring (bicyclic) bond motifs is 3. The number of hydrogen-bond donors (Lipinski definition) is 2. The summed E-state index contributed by atoms with van der Waals surface area (Å²) in [6, 6.07) is 9.33. The van der Waals surface area contributed by atoms with Gasteiger partial charge in [0.15, 0.2) is 5.65 Å². The molecule has 0 aliphatic carbocycles. The molecule has 2 N–H and O–H groups in total. The van der Waals surface area contributed by atoms with Crippen molar-refractivity contribution in [1.82, 2.24) is 25.0 Å². The van der Waals surface area contributed by atoms with Gasteiger partial charge in [0.2, 0.25) is 5.91 Å². The molecule has 8 heteroatoms. The van der Waals surface area contributed by atoms with Crippen molar-refractivity contribution in [2.24, 2.45) is 0 Å². The Kier molecular flexibility index (Phi) is 6.69. The van der Waals surface area contributed by atoms with Crippen LogP contribution in [0.5, 0.6) is 5.75 Å². The monoisotopic (exact) mass is 501 g/mol. The van der Waals surface area contributed by atoms with Gasteiger partial charge in [0, 0.05) is 35.2 Å². The Morgan fingerprint density at radius 1 is 1.14 bits per heavy atom. The number of phenolic OH excluding ortho intramolecular Hbond substituents is 1. The third kappa shape index (κ3) is 4.76. The highest BCUT2D eigenvalue weighted by Gasteiger charge is 2.42. The van der Waals surface area contributed by atoms with E-state index in [0.29, 0.717) is 30.4 Å². The molecule has 37 heavy (non-hydrogen) atoms. The summed E-state index contributed by atoms with van der Waals surface area (Å²) in [5.74, 6) is 0.600. The number of benzene rings is 1. The predicted molar refractivity (Wildman–Crippen MR) is 142 cm³/mol. The molecule has 3 aliphatic rings. The van der Waals surface area contributed by atoms with E-state index >= 15 is 0 Å². The quantitative estimate of drug-likeness (QED) is 0.510. The van der Waals surface area contributed by atoms with Crippen molar-refractivity contribution < 1.29 is 14.6 Å². The van der Waals surface area contributed by atoms with Gasteiger partial charge in [0.05, 0.1) is 31.0 Å². The molecule has 0 radical (unpaired) electrons. The zero-order valence-corrected chi connectivity index (χ0v) is 21.4. The second-order valence-electron chi connectivity index (χ2n) is 10.7. The minimum absolute atomic E-state index is 0.0679. The van der Waals surface area contributed by atoms with E-state index in [9.17, 15) is 9.90 Å². The van der Waals surface area contributed by atoms with Crippen molar-refractivity contribution in [2.45, 2.75) is 57.0 Å². The summed E-state index contributed by atoms with van der Waals surface area (Å²) in [7, 11) is 0. The number of aromatic hydroxyl groups is 1. The summed E-state index contributed by atoms with van der Waals surface area (Å²) in [6.45, 7) is 6.39. The Morgan fingerprint density at radius 3 is 2.65 bits per heavy atom. The number of ether oxygens (including phenoxy) is 1. The van der Waals surface area contributed by atoms with E-state index in [1.165, 1.54) is 25.0 Å². The van der Waals surface area contributed by atoms with Gasteiger partial charge in [0.25, 0.3) is 0 Å². The van der Waals surface area contributed by atoms with Gasteiger partial charge in [-0.3, -0.25) is 9.69 Å². The normalized spacial score (nSPS) is 24.7. The van der Waals surface area contributed by atoms with Gasteiger partial charge in [-0.05, 0) is 69.5 Å². The number of H-pyrrole nitrogens is 1. The van der Waals surface area contributed by atoms with Gasteiger partial charge in [-0.2, -0.15) is 0 Å². The number of morpholine rings is 1. The lowest BCUT2D eigenvalue weighted by atomic mass is 9.82. The SMILES string of the molecule is Cc1c(C2CC3COC[C@@H](C2)N3C(=O)/C=C/CN2CCCCC2)[nH]c2nnc(-c3ccccc3O)cc12. The number of carbonyl (C=O) groups is 1. The fourth-order valence-electron chi connectivity index (χ4n) is 6.41. The number of hydrogen-bond acceptors (Lipinski definition) is 6. The van der Waals surface area contributed by atoms with Crippen LogP contribution in [-0.2, 0) is 9.53 Å². The Morgan fingerprint density at radius 2 is 1.89 bits per heavy atom. The van der Waals surface area contributed by atoms with Crippen LogP contribution in [0.25, 0.3) is 22.3 Å². The van der Waals surface area contributed by atoms with E-state index in [0.717, 1.165) is 49.1 Å². The van der Waals surface area contributed by atoms with Gasteiger partial charge in [0.1, 0.15) is 5.75 Å². The van der Waals surface area contributed by atoms with Crippen molar-refractivity contribution in [3.8, 4) is 17.0 Å². The molecule has 6 rings (SSSR count). The van der Waals surface area contributed by atoms with E-state index in [1.807, 2.05) is 24.3 Å². The summed E-state index contributed by atoms with van der Waals surface area (Å²) < 4.78 is 5.88. The molecule has 2 bridgehead atoms. The lowest BCUT2D eigenvalue weighted by Gasteiger charge is -2.48. The molecule has 3 aromatic rings. The molecule has 3 saturated heterocycles. The highest BCUT2D eigenvalue weighted by molar-refractivity contribution is 5.88. The van der Waals surface area contributed by atoms with Crippen LogP contribution in [-0.4, -0.2) is 80.9 Å². The highest BCUT2D eigenvalue weighted by atomic mass is 16.5. The molecule has 3 aliphatic heterocycles. The lowest BCUT2D eigenvalue weighted by Crippen LogP contribution is -2.58. The van der Waals surface area contributed by atoms with Crippen LogP contribution in [0.2, 0.25) is 0 Å². The molecular weight excluding hydrogens is 466 g/mol. The number of phenols is 1. The van der Waals surface area contributed by atoms with Gasteiger partial charge in [-0.25, -0.2) is 0 Å². The van der Waals surface area contributed by atoms with E-state index in [4.69, 9.17) is 4.74 Å². The zero-order chi connectivity index (χ0) is 25.4. The maximum Gasteiger partial charge on any atom is 0.246 e. The standard InChI is InChI=1S/C29H35N5O3/c1-19-24-16-25(23-8-3-4-9-26(23)35)31-32-29(24)30-28(19)20-14-21-17-37-18-22(15-20)34(21)27(36)10-7-13-33-11-5-2-6-12-33/h3-4,7-10,16,20-22,35H,2,5-6,11-15,17-18H2,1H3,(H,30,32)/b10-7+/t20?,21-,22?/m1/s1. The molecule has 2 unspecified atom stereocenters. The van der Waals surface area contributed by atoms with Crippen LogP contribution in [0.15, 0.2) is 42.5 Å². The molecule has 0 spiro atoms. The van der Waals surface area contributed by atoms with Crippen LogP contribution >= 0.6 is 0 Å². The molecule has 8 nitrogen and oxygen atoms in total. The first-order chi connectivity index (χ1) is 18.1. The number of piperidine rings is 2. The zero-order valence-electron chi connectivity index (χ0n) is 21.4. The van der Waals surface area contributed by atoms with E-state index < -0.39 is 0 Å². The summed E-state index contributed by atoms with van der Waals surface area (Å²) in [6.07, 6.45) is 9.36. The third-order valence-electron chi connectivity index (χ3n) is 8.29. The number of aromatic amines is 1. The van der Waals surface area contributed by atoms with Crippen LogP contribution in [0.1, 0.15) is 49.3 Å². The maximum absolute atomic E-state index is 13.2.